The molecule has 0 bridgehead atoms. The number of hydrogen-bond donors (Lipinski definition) is 1. The van der Waals surface area contributed by atoms with E-state index >= 15 is 0 Å². The molecule has 1 nitrogen and oxygen atoms in total. The van der Waals surface area contributed by atoms with E-state index in [4.69, 9.17) is 0 Å². The van der Waals surface area contributed by atoms with E-state index in [-0.39, 0.29) is 10.8 Å². The Morgan fingerprint density at radius 1 is 1.38 bits per heavy atom. The Bertz CT molecular complexity index is 467. The Kier molecular flexibility index (Phi) is 5.25. The van der Waals surface area contributed by atoms with Crippen molar-refractivity contribution in [2.45, 2.75) is 50.1 Å². The van der Waals surface area contributed by atoms with E-state index in [9.17, 15) is 13.2 Å². The summed E-state index contributed by atoms with van der Waals surface area (Å²) in [6.07, 6.45) is -1.32. The van der Waals surface area contributed by atoms with Crippen LogP contribution < -0.4 is 5.32 Å². The van der Waals surface area contributed by atoms with Crippen LogP contribution in [0.5, 0.6) is 0 Å². The van der Waals surface area contributed by atoms with Crippen molar-refractivity contribution in [2.24, 2.45) is 0 Å². The fourth-order valence-corrected chi connectivity index (χ4v) is 4.35. The first-order chi connectivity index (χ1) is 9.85. The Hall–Kier alpha value is -0.680. The summed E-state index contributed by atoms with van der Waals surface area (Å²) in [5.41, 5.74) is 0.198. The molecule has 1 fully saturated rings. The molecule has 1 saturated heterocycles. The van der Waals surface area contributed by atoms with Gasteiger partial charge in [0.25, 0.3) is 0 Å². The van der Waals surface area contributed by atoms with Crippen molar-refractivity contribution >= 4 is 11.8 Å². The minimum Gasteiger partial charge on any atom is -0.313 e. The van der Waals surface area contributed by atoms with Crippen molar-refractivity contribution in [2.75, 3.05) is 12.3 Å². The van der Waals surface area contributed by atoms with Crippen molar-refractivity contribution in [3.05, 3.63) is 35.4 Å². The van der Waals surface area contributed by atoms with Crippen molar-refractivity contribution in [3.63, 3.8) is 0 Å². The first-order valence-electron chi connectivity index (χ1n) is 7.38. The molecule has 2 rings (SSSR count). The summed E-state index contributed by atoms with van der Waals surface area (Å²) >= 11 is 1.94. The van der Waals surface area contributed by atoms with Gasteiger partial charge in [-0.2, -0.15) is 24.9 Å². The second-order valence-electron chi connectivity index (χ2n) is 5.78. The second kappa shape index (κ2) is 6.61. The summed E-state index contributed by atoms with van der Waals surface area (Å²) in [5.74, 6) is 1.14. The highest BCUT2D eigenvalue weighted by atomic mass is 32.2. The van der Waals surface area contributed by atoms with Gasteiger partial charge in [-0.15, -0.1) is 0 Å². The van der Waals surface area contributed by atoms with Gasteiger partial charge >= 0.3 is 6.18 Å². The molecule has 0 aliphatic carbocycles. The second-order valence-corrected chi connectivity index (χ2v) is 7.41. The molecule has 2 unspecified atom stereocenters. The van der Waals surface area contributed by atoms with Crippen molar-refractivity contribution < 1.29 is 13.2 Å². The molecule has 1 N–H and O–H groups in total. The third kappa shape index (κ3) is 4.16. The molecule has 118 valence electrons. The predicted octanol–water partition coefficient (Wildman–Crippen LogP) is 4.51. The van der Waals surface area contributed by atoms with Gasteiger partial charge in [-0.3, -0.25) is 0 Å². The predicted molar refractivity (Wildman–Crippen MR) is 82.7 cm³/mol. The Morgan fingerprint density at radius 3 is 2.71 bits per heavy atom. The van der Waals surface area contributed by atoms with Gasteiger partial charge in [0.2, 0.25) is 0 Å². The van der Waals surface area contributed by atoms with Crippen LogP contribution in [-0.2, 0) is 12.6 Å². The standard InChI is InChI=1S/C16H22F3NS/c1-3-20-14(15(2)8-5-9-21-15)11-12-6-4-7-13(10-12)16(17,18)19/h4,6-7,10,14,20H,3,5,8-9,11H2,1-2H3. The molecule has 0 aromatic heterocycles. The van der Waals surface area contributed by atoms with E-state index < -0.39 is 11.7 Å². The van der Waals surface area contributed by atoms with E-state index in [0.29, 0.717) is 6.42 Å². The molecule has 5 heteroatoms. The largest absolute Gasteiger partial charge is 0.416 e. The monoisotopic (exact) mass is 317 g/mol. The van der Waals surface area contributed by atoms with Gasteiger partial charge < -0.3 is 5.32 Å². The molecule has 1 aliphatic heterocycles. The van der Waals surface area contributed by atoms with E-state index in [2.05, 4.69) is 12.2 Å². The minimum atomic E-state index is -4.27. The molecular weight excluding hydrogens is 295 g/mol. The molecule has 1 aliphatic rings. The molecule has 0 radical (unpaired) electrons. The summed E-state index contributed by atoms with van der Waals surface area (Å²) in [6.45, 7) is 5.10. The lowest BCUT2D eigenvalue weighted by Gasteiger charge is -2.34. The first-order valence-corrected chi connectivity index (χ1v) is 8.37. The number of nitrogens with one attached hydrogen (secondary N) is 1. The highest BCUT2D eigenvalue weighted by Gasteiger charge is 2.37. The Balaban J connectivity index is 2.17. The van der Waals surface area contributed by atoms with Crippen LogP contribution in [0.3, 0.4) is 0 Å². The van der Waals surface area contributed by atoms with E-state index in [1.165, 1.54) is 18.6 Å². The maximum atomic E-state index is 12.8. The van der Waals surface area contributed by atoms with E-state index in [0.717, 1.165) is 30.3 Å². The number of rotatable bonds is 5. The fraction of sp³-hybridized carbons (Fsp3) is 0.625. The number of alkyl halides is 3. The quantitative estimate of drug-likeness (QED) is 0.857. The van der Waals surface area contributed by atoms with Crippen LogP contribution in [-0.4, -0.2) is 23.1 Å². The van der Waals surface area contributed by atoms with E-state index in [1.54, 1.807) is 6.07 Å². The van der Waals surface area contributed by atoms with Crippen LogP contribution in [0.2, 0.25) is 0 Å². The highest BCUT2D eigenvalue weighted by molar-refractivity contribution is 8.00. The van der Waals surface area contributed by atoms with Gasteiger partial charge in [0, 0.05) is 10.8 Å². The summed E-state index contributed by atoms with van der Waals surface area (Å²) in [5, 5.41) is 3.47. The number of likely N-dealkylation sites (N-methyl/N-ethyl adjacent to an activating group) is 1. The summed E-state index contributed by atoms with van der Waals surface area (Å²) < 4.78 is 38.5. The maximum absolute atomic E-state index is 12.8. The molecule has 0 saturated carbocycles. The molecule has 1 aromatic rings. The lowest BCUT2D eigenvalue weighted by molar-refractivity contribution is -0.137. The molecule has 0 spiro atoms. The molecule has 0 amide bonds. The van der Waals surface area contributed by atoms with Gasteiger partial charge in [-0.25, -0.2) is 0 Å². The third-order valence-electron chi connectivity index (χ3n) is 4.13. The van der Waals surface area contributed by atoms with Gasteiger partial charge in [0.1, 0.15) is 0 Å². The highest BCUT2D eigenvalue weighted by Crippen LogP contribution is 2.41. The number of hydrogen-bond acceptors (Lipinski definition) is 2. The van der Waals surface area contributed by atoms with Gasteiger partial charge in [0.05, 0.1) is 5.56 Å². The van der Waals surface area contributed by atoms with Crippen molar-refractivity contribution in [1.29, 1.82) is 0 Å². The Labute approximate surface area is 128 Å². The third-order valence-corrected chi connectivity index (χ3v) is 5.77. The zero-order valence-electron chi connectivity index (χ0n) is 12.5. The number of thioether (sulfide) groups is 1. The topological polar surface area (TPSA) is 12.0 Å². The lowest BCUT2D eigenvalue weighted by atomic mass is 9.90. The van der Waals surface area contributed by atoms with Crippen molar-refractivity contribution in [1.82, 2.24) is 5.32 Å². The average Bonchev–Trinajstić information content (AvgIpc) is 2.86. The molecule has 21 heavy (non-hydrogen) atoms. The summed E-state index contributed by atoms with van der Waals surface area (Å²) in [6, 6.07) is 5.93. The van der Waals surface area contributed by atoms with E-state index in [1.807, 2.05) is 18.7 Å². The van der Waals surface area contributed by atoms with Crippen LogP contribution in [0.15, 0.2) is 24.3 Å². The van der Waals surface area contributed by atoms with Gasteiger partial charge in [0.15, 0.2) is 0 Å². The summed E-state index contributed by atoms with van der Waals surface area (Å²) in [7, 11) is 0. The van der Waals surface area contributed by atoms with Crippen LogP contribution in [0.25, 0.3) is 0 Å². The zero-order valence-corrected chi connectivity index (χ0v) is 13.3. The maximum Gasteiger partial charge on any atom is 0.416 e. The SMILES string of the molecule is CCNC(Cc1cccc(C(F)(F)F)c1)C1(C)CCCS1. The van der Waals surface area contributed by atoms with Crippen LogP contribution in [0.4, 0.5) is 13.2 Å². The molecular formula is C16H22F3NS. The number of halogens is 3. The molecule has 1 heterocycles. The normalized spacial score (nSPS) is 24.2. The van der Waals surface area contributed by atoms with Gasteiger partial charge in [-0.05, 0) is 50.1 Å². The van der Waals surface area contributed by atoms with Crippen LogP contribution in [0, 0.1) is 0 Å². The van der Waals surface area contributed by atoms with Crippen LogP contribution in [0.1, 0.15) is 37.8 Å². The van der Waals surface area contributed by atoms with Crippen LogP contribution >= 0.6 is 11.8 Å². The van der Waals surface area contributed by atoms with Gasteiger partial charge in [-0.1, -0.05) is 25.1 Å². The van der Waals surface area contributed by atoms with Crippen molar-refractivity contribution in [3.8, 4) is 0 Å². The molecule has 2 atom stereocenters. The minimum absolute atomic E-state index is 0.115. The zero-order chi connectivity index (χ0) is 15.5. The Morgan fingerprint density at radius 2 is 2.14 bits per heavy atom. The first kappa shape index (κ1) is 16.7. The summed E-state index contributed by atoms with van der Waals surface area (Å²) in [4.78, 5) is 0. The lowest BCUT2D eigenvalue weighted by Crippen LogP contribution is -2.46. The smallest absolute Gasteiger partial charge is 0.313 e. The fourth-order valence-electron chi connectivity index (χ4n) is 2.94. The molecule has 1 aromatic carbocycles. The number of benzene rings is 1. The average molecular weight is 317 g/mol.